The van der Waals surface area contributed by atoms with E-state index in [0.29, 0.717) is 58.7 Å². The summed E-state index contributed by atoms with van der Waals surface area (Å²) in [5.41, 5.74) is 6.02. The van der Waals surface area contributed by atoms with Crippen molar-refractivity contribution in [3.05, 3.63) is 172 Å². The van der Waals surface area contributed by atoms with E-state index in [-0.39, 0.29) is 55.2 Å². The molecule has 2 amide bonds. The molecule has 1 fully saturated rings. The minimum atomic E-state index is -4.16. The van der Waals surface area contributed by atoms with Crippen LogP contribution in [0.25, 0.3) is 22.7 Å². The zero-order valence-corrected chi connectivity index (χ0v) is 45.1. The molecular weight excluding hydrogens is 1000 g/mol. The van der Waals surface area contributed by atoms with Gasteiger partial charge in [-0.05, 0) is 150 Å². The number of rotatable bonds is 18. The number of benzene rings is 6. The van der Waals surface area contributed by atoms with Crippen LogP contribution in [0.1, 0.15) is 105 Å². The van der Waals surface area contributed by atoms with E-state index in [1.807, 2.05) is 55.5 Å². The number of anilines is 4. The molecule has 76 heavy (non-hydrogen) atoms. The Morgan fingerprint density at radius 2 is 1.62 bits per heavy atom. The number of nitrogens with zero attached hydrogens (tertiary/aromatic N) is 3. The Hall–Kier alpha value is -7.93. The fourth-order valence-corrected chi connectivity index (χ4v) is 11.0. The van der Waals surface area contributed by atoms with Crippen molar-refractivity contribution in [1.82, 2.24) is 4.98 Å². The molecule has 1 aliphatic carbocycles. The molecule has 16 heteroatoms. The Bertz CT molecular complexity index is 3470. The van der Waals surface area contributed by atoms with Gasteiger partial charge in [-0.1, -0.05) is 108 Å². The molecule has 1 aliphatic rings. The molecule has 1 unspecified atom stereocenters. The van der Waals surface area contributed by atoms with Crippen LogP contribution >= 0.6 is 11.6 Å². The average molecular weight is 1060 g/mol. The van der Waals surface area contributed by atoms with Crippen LogP contribution in [-0.2, 0) is 31.5 Å². The molecule has 1 aromatic heterocycles. The number of hydrogen-bond donors (Lipinski definition) is 3. The van der Waals surface area contributed by atoms with Gasteiger partial charge < -0.3 is 24.5 Å². The number of aryl methyl sites for hydroxylation is 1. The van der Waals surface area contributed by atoms with Gasteiger partial charge in [0.25, 0.3) is 15.9 Å². The van der Waals surface area contributed by atoms with Gasteiger partial charge in [-0.2, -0.15) is 5.26 Å². The van der Waals surface area contributed by atoms with Crippen LogP contribution in [0.3, 0.4) is 0 Å². The van der Waals surface area contributed by atoms with Crippen molar-refractivity contribution in [2.45, 2.75) is 103 Å². The van der Waals surface area contributed by atoms with E-state index in [9.17, 15) is 28.1 Å². The van der Waals surface area contributed by atoms with Crippen LogP contribution in [-0.4, -0.2) is 50.4 Å². The topological polar surface area (TPSA) is 193 Å². The first-order valence-electron chi connectivity index (χ1n) is 25.0. The summed E-state index contributed by atoms with van der Waals surface area (Å²) in [6.45, 7) is 13.4. The fourth-order valence-electron chi connectivity index (χ4n) is 9.75. The van der Waals surface area contributed by atoms with Crippen LogP contribution in [0.5, 0.6) is 5.75 Å². The molecule has 0 saturated heterocycles. The number of nitrogens with one attached hydrogen (secondary N) is 3. The summed E-state index contributed by atoms with van der Waals surface area (Å²) < 4.78 is 47.4. The summed E-state index contributed by atoms with van der Waals surface area (Å²) in [4.78, 5) is 49.7. The third-order valence-electron chi connectivity index (χ3n) is 13.2. The Kier molecular flexibility index (Phi) is 16.4. The van der Waals surface area contributed by atoms with Crippen molar-refractivity contribution in [2.75, 3.05) is 27.4 Å². The van der Waals surface area contributed by atoms with Gasteiger partial charge in [-0.15, -0.1) is 0 Å². The summed E-state index contributed by atoms with van der Waals surface area (Å²) in [6.07, 6.45) is 2.61. The van der Waals surface area contributed by atoms with E-state index in [1.54, 1.807) is 48.5 Å². The third-order valence-corrected chi connectivity index (χ3v) is 14.9. The standard InChI is InChI=1S/C60H61ClN6O8S/c1-38-30-47(25-20-41(38)31-42(35-62)57-65-52-32-43(23-29-53(52)74-57)60(5,6)37-59(2,3)4)67(46-17-11-12-18-46)58(70)75-55(54(68)40-21-26-48(73-7)27-22-40)56(69)64-51-34-45(24-28-50(51)61)66-76(71,72)49-19-13-16-44(33-49)63-36-39-14-9-8-10-15-39/h8-10,13-16,19-34,46,55,63,66H,11-12,17-18,36-37H2,1-7H3,(H,64,69)/b42-31+. The summed E-state index contributed by atoms with van der Waals surface area (Å²) in [5, 5.41) is 16.3. The lowest BCUT2D eigenvalue weighted by Gasteiger charge is -2.32. The number of nitriles is 1. The number of carbonyl (C=O) groups is 3. The summed E-state index contributed by atoms with van der Waals surface area (Å²) >= 11 is 6.61. The number of allylic oxidation sites excluding steroid dienone is 1. The van der Waals surface area contributed by atoms with E-state index in [2.05, 4.69) is 56.0 Å². The number of halogens is 1. The van der Waals surface area contributed by atoms with Gasteiger partial charge >= 0.3 is 6.09 Å². The Balaban J connectivity index is 1.04. The third kappa shape index (κ3) is 13.1. The molecule has 0 spiro atoms. The molecule has 1 saturated carbocycles. The van der Waals surface area contributed by atoms with Gasteiger partial charge in [0, 0.05) is 29.5 Å². The van der Waals surface area contributed by atoms with Crippen molar-refractivity contribution in [3.8, 4) is 11.8 Å². The number of ether oxygens (including phenoxy) is 2. The number of carbonyl (C=O) groups excluding carboxylic acids is 3. The molecule has 0 aliphatic heterocycles. The van der Waals surface area contributed by atoms with Gasteiger partial charge in [0.05, 0.1) is 28.4 Å². The molecule has 0 radical (unpaired) electrons. The van der Waals surface area contributed by atoms with Crippen molar-refractivity contribution < 1.29 is 36.7 Å². The minimum Gasteiger partial charge on any atom is -0.497 e. The number of methoxy groups -OCH3 is 1. The SMILES string of the molecule is COc1ccc(C(=O)C(OC(=O)N(c2ccc(/C=C(\C#N)c3nc4cc(C(C)(C)CC(C)(C)C)ccc4o3)c(C)c2)C2CCCC2)C(=O)Nc2cc(NS(=O)(=O)c3cccc(NCc4ccccc4)c3)ccc2Cl)cc1. The smallest absolute Gasteiger partial charge is 0.415 e. The summed E-state index contributed by atoms with van der Waals surface area (Å²) in [5.74, 6) is -1.24. The number of oxazole rings is 1. The van der Waals surface area contributed by atoms with Crippen molar-refractivity contribution in [1.29, 1.82) is 5.26 Å². The zero-order valence-electron chi connectivity index (χ0n) is 43.6. The molecule has 392 valence electrons. The predicted octanol–water partition coefficient (Wildman–Crippen LogP) is 13.8. The average Bonchev–Trinajstić information content (AvgIpc) is 4.09. The maximum Gasteiger partial charge on any atom is 0.415 e. The lowest BCUT2D eigenvalue weighted by atomic mass is 9.72. The molecule has 8 rings (SSSR count). The Labute approximate surface area is 449 Å². The molecule has 6 aromatic carbocycles. The summed E-state index contributed by atoms with van der Waals surface area (Å²) in [7, 11) is -2.69. The van der Waals surface area contributed by atoms with E-state index >= 15 is 0 Å². The van der Waals surface area contributed by atoms with Crippen LogP contribution in [0.15, 0.2) is 143 Å². The molecule has 1 heterocycles. The number of fused-ring (bicyclic) bond motifs is 1. The second kappa shape index (κ2) is 22.9. The predicted molar refractivity (Wildman–Crippen MR) is 299 cm³/mol. The fraction of sp³-hybridized carbons (Fsp3) is 0.283. The number of Topliss-reactive ketones (excluding diaryl/α,β-unsaturated/α-hetero) is 1. The highest BCUT2D eigenvalue weighted by Crippen LogP contribution is 2.38. The molecule has 0 bridgehead atoms. The lowest BCUT2D eigenvalue weighted by Crippen LogP contribution is -2.46. The van der Waals surface area contributed by atoms with E-state index in [1.165, 1.54) is 54.5 Å². The highest BCUT2D eigenvalue weighted by atomic mass is 35.5. The van der Waals surface area contributed by atoms with Crippen LogP contribution in [0.2, 0.25) is 5.02 Å². The Morgan fingerprint density at radius 1 is 0.882 bits per heavy atom. The number of hydrogen-bond acceptors (Lipinski definition) is 11. The maximum absolute atomic E-state index is 14.7. The lowest BCUT2D eigenvalue weighted by molar-refractivity contribution is -0.122. The second-order valence-corrected chi connectivity index (χ2v) is 22.9. The first-order chi connectivity index (χ1) is 36.2. The van der Waals surface area contributed by atoms with Crippen LogP contribution in [0, 0.1) is 23.7 Å². The van der Waals surface area contributed by atoms with Crippen molar-refractivity contribution in [2.24, 2.45) is 5.41 Å². The zero-order chi connectivity index (χ0) is 54.4. The second-order valence-electron chi connectivity index (χ2n) is 20.9. The molecule has 1 atom stereocenters. The molecule has 7 aromatic rings. The van der Waals surface area contributed by atoms with Crippen molar-refractivity contribution in [3.63, 3.8) is 0 Å². The number of sulfonamides is 1. The number of ketones is 1. The monoisotopic (exact) mass is 1060 g/mol. The van der Waals surface area contributed by atoms with E-state index in [0.717, 1.165) is 30.4 Å². The molecule has 3 N–H and O–H groups in total. The number of amides is 2. The Morgan fingerprint density at radius 3 is 2.30 bits per heavy atom. The highest BCUT2D eigenvalue weighted by Gasteiger charge is 2.37. The van der Waals surface area contributed by atoms with Crippen molar-refractivity contribution >= 4 is 84.9 Å². The first-order valence-corrected chi connectivity index (χ1v) is 26.9. The van der Waals surface area contributed by atoms with Gasteiger partial charge in [0.15, 0.2) is 5.58 Å². The van der Waals surface area contributed by atoms with Gasteiger partial charge in [0.1, 0.15) is 22.9 Å². The molecule has 14 nitrogen and oxygen atoms in total. The van der Waals surface area contributed by atoms with Gasteiger partial charge in [-0.25, -0.2) is 18.2 Å². The normalized spacial score (nSPS) is 13.6. The maximum atomic E-state index is 14.7. The minimum absolute atomic E-state index is 0.0167. The van der Waals surface area contributed by atoms with Crippen LogP contribution in [0.4, 0.5) is 27.5 Å². The van der Waals surface area contributed by atoms with Gasteiger partial charge in [-0.3, -0.25) is 19.2 Å². The largest absolute Gasteiger partial charge is 0.497 e. The van der Waals surface area contributed by atoms with Crippen LogP contribution < -0.4 is 25.0 Å². The quantitative estimate of drug-likeness (QED) is 0.0421. The van der Waals surface area contributed by atoms with Gasteiger partial charge in [0.2, 0.25) is 17.8 Å². The molecular formula is C60H61ClN6O8S. The number of aromatic nitrogens is 1. The van der Waals surface area contributed by atoms with E-state index in [4.69, 9.17) is 30.5 Å². The highest BCUT2D eigenvalue weighted by molar-refractivity contribution is 7.92. The first kappa shape index (κ1) is 54.3. The van der Waals surface area contributed by atoms with E-state index < -0.39 is 33.9 Å². The summed E-state index contributed by atoms with van der Waals surface area (Å²) in [6, 6.07) is 39.3.